The fraction of sp³-hybridized carbons (Fsp3) is 0.500. The van der Waals surface area contributed by atoms with Crippen LogP contribution in [-0.2, 0) is 6.54 Å². The van der Waals surface area contributed by atoms with Gasteiger partial charge in [-0.05, 0) is 42.9 Å². The Morgan fingerprint density at radius 2 is 1.38 bits per heavy atom. The van der Waals surface area contributed by atoms with Crippen molar-refractivity contribution >= 4 is 11.4 Å². The van der Waals surface area contributed by atoms with E-state index in [1.54, 1.807) is 0 Å². The van der Waals surface area contributed by atoms with Crippen molar-refractivity contribution in [3.05, 3.63) is 60.2 Å². The summed E-state index contributed by atoms with van der Waals surface area (Å²) in [7, 11) is 0. The number of hydrogen-bond donors (Lipinski definition) is 0. The second-order valence-corrected chi connectivity index (χ2v) is 8.03. The van der Waals surface area contributed by atoms with E-state index in [1.807, 2.05) is 0 Å². The summed E-state index contributed by atoms with van der Waals surface area (Å²) in [5.74, 6) is 1.01. The van der Waals surface area contributed by atoms with Crippen LogP contribution >= 0.6 is 0 Å². The molecule has 0 spiro atoms. The average Bonchev–Trinajstić information content (AvgIpc) is 3.14. The van der Waals surface area contributed by atoms with Crippen LogP contribution in [0.15, 0.2) is 54.6 Å². The highest BCUT2D eigenvalue weighted by Crippen LogP contribution is 2.34. The minimum atomic E-state index is 1.01. The normalized spacial score (nSPS) is 18.0. The second-order valence-electron chi connectivity index (χ2n) is 8.03. The van der Waals surface area contributed by atoms with Crippen molar-refractivity contribution in [2.24, 2.45) is 5.92 Å². The summed E-state index contributed by atoms with van der Waals surface area (Å²) in [6.45, 7) is 4.55. The molecular formula is C24H32N2. The van der Waals surface area contributed by atoms with Crippen molar-refractivity contribution in [1.82, 2.24) is 0 Å². The van der Waals surface area contributed by atoms with E-state index in [9.17, 15) is 0 Å². The van der Waals surface area contributed by atoms with Crippen LogP contribution in [-0.4, -0.2) is 19.6 Å². The summed E-state index contributed by atoms with van der Waals surface area (Å²) in [5.41, 5.74) is 4.25. The van der Waals surface area contributed by atoms with Gasteiger partial charge in [0, 0.05) is 26.2 Å². The standard InChI is InChI=1S/C24H32N2/c1-2-12-22(13-3-1)20-26-19-9-18-25(23-15-6-7-16-24(23)26)17-8-14-21-10-4-5-11-21/h1-3,6-7,12-13,15-16,21H,4-5,8-11,14,17-20H2. The maximum atomic E-state index is 2.65. The molecule has 0 saturated heterocycles. The van der Waals surface area contributed by atoms with Crippen LogP contribution in [0.3, 0.4) is 0 Å². The maximum Gasteiger partial charge on any atom is 0.0607 e. The number of anilines is 2. The van der Waals surface area contributed by atoms with Gasteiger partial charge in [-0.2, -0.15) is 0 Å². The molecule has 4 rings (SSSR count). The summed E-state index contributed by atoms with van der Waals surface area (Å²) in [6, 6.07) is 19.9. The van der Waals surface area contributed by atoms with Gasteiger partial charge < -0.3 is 9.80 Å². The minimum absolute atomic E-state index is 1.01. The topological polar surface area (TPSA) is 6.48 Å². The molecule has 1 aliphatic heterocycles. The fourth-order valence-electron chi connectivity index (χ4n) is 4.76. The Morgan fingerprint density at radius 1 is 0.731 bits per heavy atom. The number of fused-ring (bicyclic) bond motifs is 1. The molecule has 1 heterocycles. The van der Waals surface area contributed by atoms with E-state index < -0.39 is 0 Å². The van der Waals surface area contributed by atoms with E-state index in [4.69, 9.17) is 0 Å². The lowest BCUT2D eigenvalue weighted by atomic mass is 10.0. The molecule has 0 radical (unpaired) electrons. The first kappa shape index (κ1) is 17.5. The molecule has 0 amide bonds. The molecule has 1 aliphatic carbocycles. The molecule has 0 aromatic heterocycles. The van der Waals surface area contributed by atoms with E-state index in [-0.39, 0.29) is 0 Å². The molecule has 2 aromatic rings. The van der Waals surface area contributed by atoms with Crippen LogP contribution in [0.1, 0.15) is 50.5 Å². The van der Waals surface area contributed by atoms with Gasteiger partial charge in [-0.25, -0.2) is 0 Å². The Hall–Kier alpha value is -1.96. The highest BCUT2D eigenvalue weighted by molar-refractivity contribution is 5.72. The van der Waals surface area contributed by atoms with E-state index in [2.05, 4.69) is 64.4 Å². The van der Waals surface area contributed by atoms with Crippen molar-refractivity contribution in [3.8, 4) is 0 Å². The van der Waals surface area contributed by atoms with Gasteiger partial charge in [-0.1, -0.05) is 68.1 Å². The molecule has 0 N–H and O–H groups in total. The van der Waals surface area contributed by atoms with Crippen LogP contribution in [0, 0.1) is 5.92 Å². The molecule has 1 saturated carbocycles. The molecule has 0 unspecified atom stereocenters. The third-order valence-electron chi connectivity index (χ3n) is 6.15. The number of para-hydroxylation sites is 2. The van der Waals surface area contributed by atoms with Crippen molar-refractivity contribution in [2.75, 3.05) is 29.4 Å². The van der Waals surface area contributed by atoms with Gasteiger partial charge >= 0.3 is 0 Å². The van der Waals surface area contributed by atoms with Crippen LogP contribution < -0.4 is 9.80 Å². The zero-order valence-electron chi connectivity index (χ0n) is 15.9. The number of benzene rings is 2. The lowest BCUT2D eigenvalue weighted by Gasteiger charge is -2.28. The predicted octanol–water partition coefficient (Wildman–Crippen LogP) is 5.87. The molecule has 0 atom stereocenters. The lowest BCUT2D eigenvalue weighted by molar-refractivity contribution is 0.482. The molecule has 2 nitrogen and oxygen atoms in total. The highest BCUT2D eigenvalue weighted by atomic mass is 15.2. The largest absolute Gasteiger partial charge is 0.370 e. The van der Waals surface area contributed by atoms with Gasteiger partial charge in [-0.3, -0.25) is 0 Å². The molecule has 1 fully saturated rings. The molecule has 2 aromatic carbocycles. The zero-order valence-corrected chi connectivity index (χ0v) is 15.9. The van der Waals surface area contributed by atoms with Crippen LogP contribution in [0.25, 0.3) is 0 Å². The third kappa shape index (κ3) is 4.23. The Balaban J connectivity index is 1.45. The smallest absolute Gasteiger partial charge is 0.0607 e. The molecule has 0 bridgehead atoms. The SMILES string of the molecule is c1ccc(CN2CCCN(CCCC3CCCC3)c3ccccc32)cc1. The van der Waals surface area contributed by atoms with Gasteiger partial charge in [0.25, 0.3) is 0 Å². The minimum Gasteiger partial charge on any atom is -0.370 e. The summed E-state index contributed by atoms with van der Waals surface area (Å²) < 4.78 is 0. The summed E-state index contributed by atoms with van der Waals surface area (Å²) >= 11 is 0. The quantitative estimate of drug-likeness (QED) is 0.644. The molecule has 2 heteroatoms. The van der Waals surface area contributed by atoms with Crippen molar-refractivity contribution in [2.45, 2.75) is 51.5 Å². The molecule has 138 valence electrons. The Labute approximate surface area is 158 Å². The zero-order chi connectivity index (χ0) is 17.6. The van der Waals surface area contributed by atoms with E-state index in [0.29, 0.717) is 0 Å². The van der Waals surface area contributed by atoms with Crippen molar-refractivity contribution in [3.63, 3.8) is 0 Å². The van der Waals surface area contributed by atoms with Crippen molar-refractivity contribution < 1.29 is 0 Å². The average molecular weight is 349 g/mol. The van der Waals surface area contributed by atoms with Crippen LogP contribution in [0.4, 0.5) is 11.4 Å². The first-order valence-corrected chi connectivity index (χ1v) is 10.5. The van der Waals surface area contributed by atoms with Crippen LogP contribution in [0.2, 0.25) is 0 Å². The number of nitrogens with zero attached hydrogens (tertiary/aromatic N) is 2. The lowest BCUT2D eigenvalue weighted by Crippen LogP contribution is -2.25. The molecule has 26 heavy (non-hydrogen) atoms. The Bertz CT molecular complexity index is 676. The number of hydrogen-bond acceptors (Lipinski definition) is 2. The first-order valence-electron chi connectivity index (χ1n) is 10.5. The summed E-state index contributed by atoms with van der Waals surface area (Å²) in [6.07, 6.45) is 9.88. The predicted molar refractivity (Wildman–Crippen MR) is 112 cm³/mol. The summed E-state index contributed by atoms with van der Waals surface area (Å²) in [5, 5.41) is 0. The monoisotopic (exact) mass is 348 g/mol. The van der Waals surface area contributed by atoms with Crippen LogP contribution in [0.5, 0.6) is 0 Å². The van der Waals surface area contributed by atoms with Crippen molar-refractivity contribution in [1.29, 1.82) is 0 Å². The maximum absolute atomic E-state index is 2.65. The van der Waals surface area contributed by atoms with E-state index in [0.717, 1.165) is 19.0 Å². The van der Waals surface area contributed by atoms with E-state index >= 15 is 0 Å². The van der Waals surface area contributed by atoms with Gasteiger partial charge in [0.2, 0.25) is 0 Å². The Kier molecular flexibility index (Phi) is 5.78. The van der Waals surface area contributed by atoms with Gasteiger partial charge in [0.05, 0.1) is 11.4 Å². The second kappa shape index (κ2) is 8.62. The first-order chi connectivity index (χ1) is 12.9. The third-order valence-corrected chi connectivity index (χ3v) is 6.15. The summed E-state index contributed by atoms with van der Waals surface area (Å²) in [4.78, 5) is 5.22. The van der Waals surface area contributed by atoms with E-state index in [1.165, 1.54) is 75.0 Å². The number of rotatable bonds is 6. The van der Waals surface area contributed by atoms with Gasteiger partial charge in [0.1, 0.15) is 0 Å². The highest BCUT2D eigenvalue weighted by Gasteiger charge is 2.21. The molecule has 2 aliphatic rings. The molecular weight excluding hydrogens is 316 g/mol. The van der Waals surface area contributed by atoms with Gasteiger partial charge in [0.15, 0.2) is 0 Å². The Morgan fingerprint density at radius 3 is 2.15 bits per heavy atom. The van der Waals surface area contributed by atoms with Gasteiger partial charge in [-0.15, -0.1) is 0 Å². The fourth-order valence-corrected chi connectivity index (χ4v) is 4.76.